The van der Waals surface area contributed by atoms with Crippen molar-refractivity contribution in [3.63, 3.8) is 0 Å². The van der Waals surface area contributed by atoms with Crippen molar-refractivity contribution in [2.75, 3.05) is 6.61 Å². The molecule has 38 heavy (non-hydrogen) atoms. The van der Waals surface area contributed by atoms with Crippen LogP contribution in [0, 0.1) is 19.7 Å². The Labute approximate surface area is 223 Å². The first-order valence-corrected chi connectivity index (χ1v) is 12.5. The number of alkyl halides is 1. The van der Waals surface area contributed by atoms with Crippen molar-refractivity contribution in [1.82, 2.24) is 25.1 Å². The van der Waals surface area contributed by atoms with Crippen LogP contribution < -0.4 is 10.1 Å². The minimum Gasteiger partial charge on any atom is -0.487 e. The second kappa shape index (κ2) is 11.8. The summed E-state index contributed by atoms with van der Waals surface area (Å²) in [5.74, 6) is 0.146. The van der Waals surface area contributed by atoms with Crippen molar-refractivity contribution in [1.29, 1.82) is 0 Å². The number of rotatable bonds is 10. The molecular formula is C27H28ClF2N5O3. The summed E-state index contributed by atoms with van der Waals surface area (Å²) in [6.07, 6.45) is 0.336. The van der Waals surface area contributed by atoms with Gasteiger partial charge in [-0.05, 0) is 57.0 Å². The molecule has 0 bridgehead atoms. The van der Waals surface area contributed by atoms with Gasteiger partial charge in [0.1, 0.15) is 42.4 Å². The zero-order valence-electron chi connectivity index (χ0n) is 21.5. The number of para-hydroxylation sites is 1. The van der Waals surface area contributed by atoms with Crippen LogP contribution in [-0.4, -0.2) is 38.6 Å². The van der Waals surface area contributed by atoms with Crippen LogP contribution in [0.25, 0.3) is 16.6 Å². The number of aryl methyl sites for hydroxylation is 2. The molecule has 0 saturated heterocycles. The number of benzene rings is 2. The molecule has 1 amide bonds. The average molecular weight is 544 g/mol. The number of carbonyl (C=O) groups excluding carboxylic acids is 1. The Morgan fingerprint density at radius 1 is 1.24 bits per heavy atom. The van der Waals surface area contributed by atoms with Crippen LogP contribution in [0.4, 0.5) is 8.78 Å². The Morgan fingerprint density at radius 3 is 2.71 bits per heavy atom. The number of hydrogen-bond acceptors (Lipinski definition) is 6. The van der Waals surface area contributed by atoms with E-state index in [-0.39, 0.29) is 11.6 Å². The maximum absolute atomic E-state index is 14.4. The number of fused-ring (bicyclic) bond motifs is 1. The molecule has 0 aliphatic heterocycles. The van der Waals surface area contributed by atoms with Gasteiger partial charge in [0, 0.05) is 16.6 Å². The van der Waals surface area contributed by atoms with Crippen molar-refractivity contribution in [3.8, 4) is 11.4 Å². The third-order valence-corrected chi connectivity index (χ3v) is 6.32. The Morgan fingerprint density at radius 2 is 2.03 bits per heavy atom. The Balaban J connectivity index is 1.67. The number of aromatic nitrogens is 4. The highest BCUT2D eigenvalue weighted by molar-refractivity contribution is 6.31. The SMILES string of the molecule is CC[C@H](NC(=O)COC(C)F)c1cc(F)cc(Cl)c1COc1cccc2c(-n3ncnc3C)cc(C)nc12. The van der Waals surface area contributed by atoms with Gasteiger partial charge in [-0.25, -0.2) is 23.4 Å². The van der Waals surface area contributed by atoms with Crippen molar-refractivity contribution in [2.45, 2.75) is 53.1 Å². The fraction of sp³-hybridized carbons (Fsp3) is 0.333. The predicted molar refractivity (Wildman–Crippen MR) is 140 cm³/mol. The normalized spacial score (nSPS) is 12.9. The number of hydrogen-bond donors (Lipinski definition) is 1. The van der Waals surface area contributed by atoms with Crippen molar-refractivity contribution >= 4 is 28.4 Å². The first-order valence-electron chi connectivity index (χ1n) is 12.1. The molecule has 1 N–H and O–H groups in total. The van der Waals surface area contributed by atoms with Gasteiger partial charge in [0.15, 0.2) is 6.36 Å². The van der Waals surface area contributed by atoms with Gasteiger partial charge in [-0.3, -0.25) is 4.79 Å². The highest BCUT2D eigenvalue weighted by Crippen LogP contribution is 2.33. The first kappa shape index (κ1) is 27.4. The van der Waals surface area contributed by atoms with Gasteiger partial charge in [0.05, 0.1) is 16.8 Å². The van der Waals surface area contributed by atoms with E-state index in [4.69, 9.17) is 26.1 Å². The fourth-order valence-corrected chi connectivity index (χ4v) is 4.49. The van der Waals surface area contributed by atoms with Gasteiger partial charge in [0.25, 0.3) is 0 Å². The molecule has 0 fully saturated rings. The molecule has 1 unspecified atom stereocenters. The first-order chi connectivity index (χ1) is 18.2. The number of amides is 1. The van der Waals surface area contributed by atoms with Gasteiger partial charge in [0.2, 0.25) is 5.91 Å². The lowest BCUT2D eigenvalue weighted by Gasteiger charge is -2.22. The Kier molecular flexibility index (Phi) is 8.53. The average Bonchev–Trinajstić information content (AvgIpc) is 3.30. The van der Waals surface area contributed by atoms with E-state index in [2.05, 4.69) is 15.4 Å². The molecule has 11 heteroatoms. The van der Waals surface area contributed by atoms with Gasteiger partial charge in [-0.2, -0.15) is 5.10 Å². The maximum atomic E-state index is 14.4. The third kappa shape index (κ3) is 6.08. The van der Waals surface area contributed by atoms with E-state index in [1.54, 1.807) is 10.7 Å². The number of nitrogens with zero attached hydrogens (tertiary/aromatic N) is 4. The van der Waals surface area contributed by atoms with Crippen LogP contribution in [-0.2, 0) is 16.1 Å². The van der Waals surface area contributed by atoms with Gasteiger partial charge in [-0.15, -0.1) is 0 Å². The van der Waals surface area contributed by atoms with E-state index in [1.807, 2.05) is 39.0 Å². The maximum Gasteiger partial charge on any atom is 0.246 e. The van der Waals surface area contributed by atoms with Gasteiger partial charge < -0.3 is 14.8 Å². The van der Waals surface area contributed by atoms with E-state index in [0.29, 0.717) is 28.8 Å². The summed E-state index contributed by atoms with van der Waals surface area (Å²) in [5, 5.41) is 8.05. The van der Waals surface area contributed by atoms with Crippen LogP contribution in [0.2, 0.25) is 5.02 Å². The standard InChI is InChI=1S/C27H28ClF2N5O3/c1-5-23(34-26(36)13-37-16(3)29)20-10-18(30)11-22(28)21(20)12-38-25-8-6-7-19-24(9-15(2)33-27(19)25)35-17(4)31-14-32-35/h6-11,14,16,23H,5,12-13H2,1-4H3,(H,34,36)/t16?,23-/m0/s1. The highest BCUT2D eigenvalue weighted by Gasteiger charge is 2.21. The Bertz CT molecular complexity index is 1460. The molecule has 2 aromatic heterocycles. The number of pyridine rings is 1. The van der Waals surface area contributed by atoms with E-state index in [9.17, 15) is 13.6 Å². The van der Waals surface area contributed by atoms with Crippen LogP contribution in [0.15, 0.2) is 42.7 Å². The molecule has 2 atom stereocenters. The van der Waals surface area contributed by atoms with Crippen LogP contribution in [0.5, 0.6) is 5.75 Å². The third-order valence-electron chi connectivity index (χ3n) is 5.98. The van der Waals surface area contributed by atoms with Gasteiger partial charge in [-0.1, -0.05) is 30.7 Å². The summed E-state index contributed by atoms with van der Waals surface area (Å²) < 4.78 is 40.1. The number of halogens is 3. The minimum absolute atomic E-state index is 0.00868. The van der Waals surface area contributed by atoms with Crippen molar-refractivity contribution in [3.05, 3.63) is 76.2 Å². The Hall–Kier alpha value is -3.63. The van der Waals surface area contributed by atoms with E-state index in [0.717, 1.165) is 22.6 Å². The second-order valence-corrected chi connectivity index (χ2v) is 9.19. The lowest BCUT2D eigenvalue weighted by Crippen LogP contribution is -2.32. The summed E-state index contributed by atoms with van der Waals surface area (Å²) in [7, 11) is 0. The number of carbonyl (C=O) groups is 1. The summed E-state index contributed by atoms with van der Waals surface area (Å²) >= 11 is 6.45. The topological polar surface area (TPSA) is 91.2 Å². The molecule has 2 heterocycles. The molecule has 2 aromatic carbocycles. The molecule has 0 radical (unpaired) electrons. The smallest absolute Gasteiger partial charge is 0.246 e. The quantitative estimate of drug-likeness (QED) is 0.276. The molecule has 0 aliphatic carbocycles. The largest absolute Gasteiger partial charge is 0.487 e. The molecule has 4 rings (SSSR count). The van der Waals surface area contributed by atoms with Gasteiger partial charge >= 0.3 is 0 Å². The molecule has 4 aromatic rings. The lowest BCUT2D eigenvalue weighted by molar-refractivity contribution is -0.132. The monoisotopic (exact) mass is 543 g/mol. The molecule has 0 spiro atoms. The molecule has 8 nitrogen and oxygen atoms in total. The lowest BCUT2D eigenvalue weighted by atomic mass is 9.98. The highest BCUT2D eigenvalue weighted by atomic mass is 35.5. The fourth-order valence-electron chi connectivity index (χ4n) is 4.22. The zero-order valence-corrected chi connectivity index (χ0v) is 22.2. The molecule has 0 aliphatic rings. The van der Waals surface area contributed by atoms with E-state index in [1.165, 1.54) is 25.4 Å². The summed E-state index contributed by atoms with van der Waals surface area (Å²) in [4.78, 5) is 21.2. The van der Waals surface area contributed by atoms with E-state index < -0.39 is 30.7 Å². The molecule has 200 valence electrons. The van der Waals surface area contributed by atoms with E-state index >= 15 is 0 Å². The van der Waals surface area contributed by atoms with Crippen LogP contribution in [0.1, 0.15) is 49.0 Å². The summed E-state index contributed by atoms with van der Waals surface area (Å²) in [6, 6.07) is 9.40. The zero-order chi connectivity index (χ0) is 27.4. The van der Waals surface area contributed by atoms with Crippen LogP contribution >= 0.6 is 11.6 Å². The molecular weight excluding hydrogens is 516 g/mol. The van der Waals surface area contributed by atoms with Crippen molar-refractivity contribution < 1.29 is 23.0 Å². The van der Waals surface area contributed by atoms with Crippen LogP contribution in [0.3, 0.4) is 0 Å². The summed E-state index contributed by atoms with van der Waals surface area (Å²) in [6.45, 7) is 6.29. The number of ether oxygens (including phenoxy) is 2. The number of nitrogens with one attached hydrogen (secondary N) is 1. The predicted octanol–water partition coefficient (Wildman–Crippen LogP) is 5.70. The second-order valence-electron chi connectivity index (χ2n) is 8.78. The minimum atomic E-state index is -1.58. The molecule has 0 saturated carbocycles. The summed E-state index contributed by atoms with van der Waals surface area (Å²) in [5.41, 5.74) is 3.17. The van der Waals surface area contributed by atoms with Crippen molar-refractivity contribution in [2.24, 2.45) is 0 Å².